The van der Waals surface area contributed by atoms with Crippen molar-refractivity contribution in [2.45, 2.75) is 24.7 Å². The highest BCUT2D eigenvalue weighted by molar-refractivity contribution is 6.27. The molecule has 21 heavy (non-hydrogen) atoms. The minimum atomic E-state index is -4.54. The summed E-state index contributed by atoms with van der Waals surface area (Å²) in [7, 11) is 0. The maximum atomic E-state index is 13.4. The van der Waals surface area contributed by atoms with E-state index in [0.717, 1.165) is 10.1 Å². The van der Waals surface area contributed by atoms with Crippen LogP contribution in [-0.2, 0) is 4.79 Å². The summed E-state index contributed by atoms with van der Waals surface area (Å²) in [6.07, 6.45) is -4.15. The summed E-state index contributed by atoms with van der Waals surface area (Å²) in [4.78, 5) is 16.7. The summed E-state index contributed by atoms with van der Waals surface area (Å²) in [5.74, 6) is -1.16. The van der Waals surface area contributed by atoms with E-state index in [4.69, 9.17) is 11.6 Å². The number of nitrogens with zero attached hydrogens (tertiary/aromatic N) is 2. The molecular weight excluding hydrogens is 305 g/mol. The van der Waals surface area contributed by atoms with Gasteiger partial charge in [0.05, 0.1) is 5.36 Å². The normalized spacial score (nSPS) is 24.4. The number of carbonyl (C=O) groups is 1. The maximum Gasteiger partial charge on any atom is 0.411 e. The summed E-state index contributed by atoms with van der Waals surface area (Å²) in [5, 5.41) is 1.32. The number of fused-ring (bicyclic) bond motifs is 2. The molecule has 0 bridgehead atoms. The SMILES string of the molecule is O=C(CCl)N1CCC2=c3ccccc3=N[C@H]2[C@H]1C(F)(F)F. The van der Waals surface area contributed by atoms with E-state index in [0.29, 0.717) is 17.4 Å². The molecule has 0 saturated carbocycles. The van der Waals surface area contributed by atoms with Crippen LogP contribution in [0.5, 0.6) is 0 Å². The predicted octanol–water partition coefficient (Wildman–Crippen LogP) is 1.24. The van der Waals surface area contributed by atoms with Gasteiger partial charge in [-0.3, -0.25) is 9.79 Å². The van der Waals surface area contributed by atoms with Crippen molar-refractivity contribution in [3.05, 3.63) is 34.8 Å². The zero-order valence-electron chi connectivity index (χ0n) is 10.9. The molecule has 1 amide bonds. The average molecular weight is 317 g/mol. The van der Waals surface area contributed by atoms with Crippen LogP contribution in [0.1, 0.15) is 6.42 Å². The number of para-hydroxylation sites is 1. The van der Waals surface area contributed by atoms with E-state index < -0.39 is 30.0 Å². The summed E-state index contributed by atoms with van der Waals surface area (Å²) in [6, 6.07) is 4.01. The fraction of sp³-hybridized carbons (Fsp3) is 0.429. The zero-order valence-corrected chi connectivity index (χ0v) is 11.7. The molecule has 112 valence electrons. The first kappa shape index (κ1) is 14.4. The molecule has 1 aromatic carbocycles. The Kier molecular flexibility index (Phi) is 3.43. The van der Waals surface area contributed by atoms with Gasteiger partial charge in [0.2, 0.25) is 5.91 Å². The number of likely N-dealkylation sites (tertiary alicyclic amines) is 1. The Morgan fingerprint density at radius 3 is 2.76 bits per heavy atom. The Morgan fingerprint density at radius 1 is 1.38 bits per heavy atom. The molecule has 0 radical (unpaired) electrons. The number of halogens is 4. The second kappa shape index (κ2) is 5.02. The Hall–Kier alpha value is -1.56. The Bertz CT molecular complexity index is 701. The van der Waals surface area contributed by atoms with E-state index in [2.05, 4.69) is 4.99 Å². The molecule has 1 fully saturated rings. The van der Waals surface area contributed by atoms with Gasteiger partial charge in [0.25, 0.3) is 0 Å². The third-order valence-electron chi connectivity index (χ3n) is 3.91. The lowest BCUT2D eigenvalue weighted by atomic mass is 9.90. The summed E-state index contributed by atoms with van der Waals surface area (Å²) in [6.45, 7) is 0.0193. The fourth-order valence-corrected chi connectivity index (χ4v) is 3.20. The Labute approximate surface area is 123 Å². The first-order valence-electron chi connectivity index (χ1n) is 6.51. The number of alkyl halides is 4. The first-order valence-corrected chi connectivity index (χ1v) is 7.05. The van der Waals surface area contributed by atoms with Gasteiger partial charge in [0.15, 0.2) is 6.04 Å². The van der Waals surface area contributed by atoms with Crippen molar-refractivity contribution in [1.82, 2.24) is 4.90 Å². The fourth-order valence-electron chi connectivity index (χ4n) is 3.05. The van der Waals surface area contributed by atoms with Crippen molar-refractivity contribution in [3.8, 4) is 0 Å². The van der Waals surface area contributed by atoms with E-state index in [9.17, 15) is 18.0 Å². The van der Waals surface area contributed by atoms with Crippen LogP contribution in [0.3, 0.4) is 0 Å². The number of hydrogen-bond acceptors (Lipinski definition) is 2. The van der Waals surface area contributed by atoms with Crippen LogP contribution < -0.4 is 10.6 Å². The van der Waals surface area contributed by atoms with Crippen LogP contribution in [0.15, 0.2) is 29.3 Å². The molecule has 1 aromatic rings. The summed E-state index contributed by atoms with van der Waals surface area (Å²) in [5.41, 5.74) is 0.659. The Balaban J connectivity index is 2.11. The monoisotopic (exact) mass is 316 g/mol. The highest BCUT2D eigenvalue weighted by Gasteiger charge is 2.53. The van der Waals surface area contributed by atoms with Gasteiger partial charge in [-0.15, -0.1) is 11.6 Å². The second-order valence-corrected chi connectivity index (χ2v) is 5.34. The molecule has 0 N–H and O–H groups in total. The van der Waals surface area contributed by atoms with Crippen molar-refractivity contribution in [2.75, 3.05) is 12.4 Å². The molecule has 2 atom stereocenters. The molecule has 2 aliphatic heterocycles. The lowest BCUT2D eigenvalue weighted by molar-refractivity contribution is -0.192. The van der Waals surface area contributed by atoms with E-state index in [1.54, 1.807) is 24.3 Å². The van der Waals surface area contributed by atoms with Crippen LogP contribution in [0.2, 0.25) is 0 Å². The number of hydrogen-bond donors (Lipinski definition) is 0. The summed E-state index contributed by atoms with van der Waals surface area (Å²) < 4.78 is 40.3. The highest BCUT2D eigenvalue weighted by Crippen LogP contribution is 2.37. The van der Waals surface area contributed by atoms with Crippen molar-refractivity contribution >= 4 is 23.1 Å². The van der Waals surface area contributed by atoms with Crippen LogP contribution in [0, 0.1) is 0 Å². The van der Waals surface area contributed by atoms with Gasteiger partial charge in [0, 0.05) is 11.8 Å². The molecule has 0 aliphatic carbocycles. The third kappa shape index (κ3) is 2.31. The van der Waals surface area contributed by atoms with Crippen molar-refractivity contribution in [1.29, 1.82) is 0 Å². The molecule has 3 rings (SSSR count). The number of benzene rings is 1. The minimum absolute atomic E-state index is 0.0193. The topological polar surface area (TPSA) is 32.7 Å². The molecule has 0 spiro atoms. The molecule has 2 aliphatic rings. The lowest BCUT2D eigenvalue weighted by Gasteiger charge is -2.40. The van der Waals surface area contributed by atoms with Crippen LogP contribution >= 0.6 is 11.6 Å². The highest BCUT2D eigenvalue weighted by atomic mass is 35.5. The van der Waals surface area contributed by atoms with Crippen molar-refractivity contribution in [2.24, 2.45) is 4.99 Å². The zero-order chi connectivity index (χ0) is 15.2. The Morgan fingerprint density at radius 2 is 2.10 bits per heavy atom. The second-order valence-electron chi connectivity index (χ2n) is 5.07. The van der Waals surface area contributed by atoms with Gasteiger partial charge in [-0.1, -0.05) is 18.2 Å². The molecule has 2 heterocycles. The number of amides is 1. The standard InChI is InChI=1S/C14H12ClF3N2O/c15-7-11(21)20-6-5-9-8-3-1-2-4-10(8)19-12(9)13(20)14(16,17)18/h1-4,12-13H,5-7H2/t12-,13+/m1/s1. The quantitative estimate of drug-likeness (QED) is 0.718. The van der Waals surface area contributed by atoms with Crippen molar-refractivity contribution in [3.63, 3.8) is 0 Å². The molecule has 3 nitrogen and oxygen atoms in total. The van der Waals surface area contributed by atoms with Gasteiger partial charge in [-0.05, 0) is 18.1 Å². The molecule has 1 saturated heterocycles. The number of piperidine rings is 1. The number of rotatable bonds is 1. The minimum Gasteiger partial charge on any atom is -0.327 e. The van der Waals surface area contributed by atoms with Gasteiger partial charge < -0.3 is 4.90 Å². The van der Waals surface area contributed by atoms with Gasteiger partial charge in [-0.2, -0.15) is 13.2 Å². The van der Waals surface area contributed by atoms with Crippen LogP contribution in [-0.4, -0.2) is 41.5 Å². The molecule has 0 unspecified atom stereocenters. The van der Waals surface area contributed by atoms with Gasteiger partial charge in [0.1, 0.15) is 11.9 Å². The molecule has 7 heteroatoms. The van der Waals surface area contributed by atoms with Gasteiger partial charge >= 0.3 is 6.18 Å². The van der Waals surface area contributed by atoms with Gasteiger partial charge in [-0.25, -0.2) is 0 Å². The largest absolute Gasteiger partial charge is 0.411 e. The molecular formula is C14H12ClF3N2O. The van der Waals surface area contributed by atoms with E-state index >= 15 is 0 Å². The van der Waals surface area contributed by atoms with Crippen LogP contribution in [0.4, 0.5) is 13.2 Å². The lowest BCUT2D eigenvalue weighted by Crippen LogP contribution is -2.58. The number of carbonyl (C=O) groups excluding carboxylic acids is 1. The van der Waals surface area contributed by atoms with E-state index in [-0.39, 0.29) is 6.54 Å². The molecule has 0 aromatic heterocycles. The predicted molar refractivity (Wildman–Crippen MR) is 71.3 cm³/mol. The first-order chi connectivity index (χ1) is 9.93. The average Bonchev–Trinajstić information content (AvgIpc) is 2.82. The maximum absolute atomic E-state index is 13.4. The third-order valence-corrected chi connectivity index (χ3v) is 4.14. The van der Waals surface area contributed by atoms with E-state index in [1.165, 1.54) is 0 Å². The summed E-state index contributed by atoms with van der Waals surface area (Å²) >= 11 is 5.44. The van der Waals surface area contributed by atoms with E-state index in [1.807, 2.05) is 0 Å². The van der Waals surface area contributed by atoms with Crippen molar-refractivity contribution < 1.29 is 18.0 Å². The van der Waals surface area contributed by atoms with Crippen LogP contribution in [0.25, 0.3) is 5.57 Å². The smallest absolute Gasteiger partial charge is 0.327 e.